The lowest BCUT2D eigenvalue weighted by atomic mass is 9.95. The first-order valence-electron chi connectivity index (χ1n) is 11.5. The topological polar surface area (TPSA) is 74.2 Å². The van der Waals surface area contributed by atoms with Gasteiger partial charge in [-0.2, -0.15) is 0 Å². The zero-order chi connectivity index (χ0) is 23.6. The van der Waals surface area contributed by atoms with Gasteiger partial charge in [-0.05, 0) is 16.7 Å². The minimum atomic E-state index is -1.16. The summed E-state index contributed by atoms with van der Waals surface area (Å²) in [5.41, 5.74) is 2.98. The minimum Gasteiger partial charge on any atom is -0.387 e. The van der Waals surface area contributed by atoms with Gasteiger partial charge in [-0.15, -0.1) is 0 Å². The van der Waals surface area contributed by atoms with Gasteiger partial charge in [0.15, 0.2) is 6.29 Å². The van der Waals surface area contributed by atoms with Gasteiger partial charge in [0.25, 0.3) is 0 Å². The summed E-state index contributed by atoms with van der Waals surface area (Å²) in [6, 6.07) is 29.3. The van der Waals surface area contributed by atoms with Crippen LogP contribution in [0.3, 0.4) is 0 Å². The van der Waals surface area contributed by atoms with Gasteiger partial charge in [-0.3, -0.25) is 0 Å². The summed E-state index contributed by atoms with van der Waals surface area (Å²) in [7, 11) is 0. The van der Waals surface area contributed by atoms with E-state index in [2.05, 4.69) is 0 Å². The van der Waals surface area contributed by atoms with Crippen molar-refractivity contribution in [1.29, 1.82) is 0 Å². The van der Waals surface area contributed by atoms with Crippen molar-refractivity contribution >= 4 is 6.29 Å². The van der Waals surface area contributed by atoms with Gasteiger partial charge < -0.3 is 28.8 Å². The molecule has 0 bridgehead atoms. The van der Waals surface area contributed by atoms with Crippen molar-refractivity contribution in [1.82, 2.24) is 0 Å². The number of benzene rings is 3. The van der Waals surface area contributed by atoms with Crippen molar-refractivity contribution in [3.8, 4) is 0 Å². The van der Waals surface area contributed by atoms with Crippen molar-refractivity contribution < 1.29 is 28.8 Å². The Morgan fingerprint density at radius 3 is 1.68 bits per heavy atom. The average molecular weight is 463 g/mol. The number of aliphatic hydroxyl groups excluding tert-OH is 1. The van der Waals surface area contributed by atoms with Crippen LogP contribution in [0.15, 0.2) is 91.0 Å². The molecule has 0 aliphatic carbocycles. The Kier molecular flexibility index (Phi) is 8.96. The summed E-state index contributed by atoms with van der Waals surface area (Å²) in [4.78, 5) is 11.7. The normalized spacial score (nSPS) is 24.6. The Balaban J connectivity index is 1.49. The van der Waals surface area contributed by atoms with E-state index in [4.69, 9.17) is 18.9 Å². The SMILES string of the molecule is O=C[C@@H]1O[C@H](COCc2ccccc2)[C@H](OCc2ccccc2)[C@H](OCc2ccccc2)[C@H]1O. The quantitative estimate of drug-likeness (QED) is 0.438. The van der Waals surface area contributed by atoms with E-state index in [1.165, 1.54) is 0 Å². The van der Waals surface area contributed by atoms with E-state index in [9.17, 15) is 9.90 Å². The zero-order valence-electron chi connectivity index (χ0n) is 18.9. The Morgan fingerprint density at radius 1 is 0.706 bits per heavy atom. The number of carbonyl (C=O) groups excluding carboxylic acids is 1. The summed E-state index contributed by atoms with van der Waals surface area (Å²) in [5, 5.41) is 10.9. The van der Waals surface area contributed by atoms with E-state index in [1.54, 1.807) is 0 Å². The predicted octanol–water partition coefficient (Wildman–Crippen LogP) is 3.70. The van der Waals surface area contributed by atoms with Crippen LogP contribution in [0, 0.1) is 0 Å². The maximum atomic E-state index is 11.7. The third-order valence-electron chi connectivity index (χ3n) is 5.79. The Morgan fingerprint density at radius 2 is 1.18 bits per heavy atom. The number of aliphatic hydroxyl groups is 1. The average Bonchev–Trinajstić information content (AvgIpc) is 2.89. The molecule has 1 aliphatic rings. The first-order chi connectivity index (χ1) is 16.7. The molecule has 3 aromatic rings. The third kappa shape index (κ3) is 6.59. The first-order valence-corrected chi connectivity index (χ1v) is 11.5. The van der Waals surface area contributed by atoms with Crippen LogP contribution >= 0.6 is 0 Å². The molecule has 178 valence electrons. The van der Waals surface area contributed by atoms with Crippen LogP contribution in [-0.4, -0.2) is 48.5 Å². The molecule has 4 rings (SSSR count). The highest BCUT2D eigenvalue weighted by Crippen LogP contribution is 2.27. The third-order valence-corrected chi connectivity index (χ3v) is 5.79. The second kappa shape index (κ2) is 12.6. The van der Waals surface area contributed by atoms with E-state index >= 15 is 0 Å². The molecule has 0 aromatic heterocycles. The molecule has 6 heteroatoms. The summed E-state index contributed by atoms with van der Waals surface area (Å²) in [6.45, 7) is 1.18. The van der Waals surface area contributed by atoms with Crippen molar-refractivity contribution in [2.24, 2.45) is 0 Å². The van der Waals surface area contributed by atoms with Gasteiger partial charge in [0.2, 0.25) is 0 Å². The molecule has 34 heavy (non-hydrogen) atoms. The molecule has 1 aliphatic heterocycles. The van der Waals surface area contributed by atoms with Gasteiger partial charge in [0.05, 0.1) is 26.4 Å². The maximum Gasteiger partial charge on any atom is 0.151 e. The van der Waals surface area contributed by atoms with Gasteiger partial charge in [0.1, 0.15) is 30.5 Å². The molecule has 1 saturated heterocycles. The van der Waals surface area contributed by atoms with Gasteiger partial charge >= 0.3 is 0 Å². The summed E-state index contributed by atoms with van der Waals surface area (Å²) >= 11 is 0. The van der Waals surface area contributed by atoms with Crippen LogP contribution in [0.1, 0.15) is 16.7 Å². The molecular formula is C28H30O6. The molecule has 6 nitrogen and oxygen atoms in total. The Hall–Kier alpha value is -2.87. The molecule has 1 fully saturated rings. The highest BCUT2D eigenvalue weighted by molar-refractivity contribution is 5.57. The van der Waals surface area contributed by atoms with E-state index in [-0.39, 0.29) is 13.2 Å². The molecule has 0 spiro atoms. The predicted molar refractivity (Wildman–Crippen MR) is 127 cm³/mol. The maximum absolute atomic E-state index is 11.7. The fourth-order valence-corrected chi connectivity index (χ4v) is 4.00. The molecule has 0 radical (unpaired) electrons. The zero-order valence-corrected chi connectivity index (χ0v) is 18.9. The Labute approximate surface area is 200 Å². The molecule has 3 aromatic carbocycles. The fourth-order valence-electron chi connectivity index (χ4n) is 4.00. The lowest BCUT2D eigenvalue weighted by Crippen LogP contribution is -2.60. The number of rotatable bonds is 11. The monoisotopic (exact) mass is 462 g/mol. The summed E-state index contributed by atoms with van der Waals surface area (Å²) in [6.07, 6.45) is -3.56. The molecular weight excluding hydrogens is 432 g/mol. The number of ether oxygens (including phenoxy) is 4. The molecule has 1 heterocycles. The van der Waals surface area contributed by atoms with E-state index in [0.29, 0.717) is 19.5 Å². The number of carbonyl (C=O) groups is 1. The number of hydrogen-bond donors (Lipinski definition) is 1. The van der Waals surface area contributed by atoms with Crippen LogP contribution in [0.5, 0.6) is 0 Å². The second-order valence-corrected chi connectivity index (χ2v) is 8.29. The highest BCUT2D eigenvalue weighted by Gasteiger charge is 2.46. The molecule has 0 amide bonds. The Bertz CT molecular complexity index is 982. The molecule has 1 N–H and O–H groups in total. The van der Waals surface area contributed by atoms with Gasteiger partial charge in [-0.1, -0.05) is 91.0 Å². The number of aldehydes is 1. The largest absolute Gasteiger partial charge is 0.387 e. The van der Waals surface area contributed by atoms with Crippen molar-refractivity contribution in [3.05, 3.63) is 108 Å². The second-order valence-electron chi connectivity index (χ2n) is 8.29. The van der Waals surface area contributed by atoms with E-state index < -0.39 is 30.5 Å². The van der Waals surface area contributed by atoms with Crippen molar-refractivity contribution in [2.45, 2.75) is 50.3 Å². The van der Waals surface area contributed by atoms with Crippen molar-refractivity contribution in [3.63, 3.8) is 0 Å². The first kappa shape index (κ1) is 24.3. The van der Waals surface area contributed by atoms with E-state index in [0.717, 1.165) is 16.7 Å². The summed E-state index contributed by atoms with van der Waals surface area (Å²) < 4.78 is 24.2. The lowest BCUT2D eigenvalue weighted by Gasteiger charge is -2.43. The van der Waals surface area contributed by atoms with Crippen LogP contribution in [0.4, 0.5) is 0 Å². The van der Waals surface area contributed by atoms with E-state index in [1.807, 2.05) is 91.0 Å². The van der Waals surface area contributed by atoms with Crippen LogP contribution in [-0.2, 0) is 43.6 Å². The molecule has 0 saturated carbocycles. The molecule has 5 atom stereocenters. The van der Waals surface area contributed by atoms with Crippen LogP contribution in [0.2, 0.25) is 0 Å². The summed E-state index contributed by atoms with van der Waals surface area (Å²) in [5.74, 6) is 0. The van der Waals surface area contributed by atoms with Gasteiger partial charge in [0, 0.05) is 0 Å². The molecule has 0 unspecified atom stereocenters. The number of hydrogen-bond acceptors (Lipinski definition) is 6. The minimum absolute atomic E-state index is 0.191. The smallest absolute Gasteiger partial charge is 0.151 e. The van der Waals surface area contributed by atoms with Gasteiger partial charge in [-0.25, -0.2) is 0 Å². The lowest BCUT2D eigenvalue weighted by molar-refractivity contribution is -0.253. The van der Waals surface area contributed by atoms with Crippen LogP contribution in [0.25, 0.3) is 0 Å². The van der Waals surface area contributed by atoms with Crippen molar-refractivity contribution in [2.75, 3.05) is 6.61 Å². The highest BCUT2D eigenvalue weighted by atomic mass is 16.6. The van der Waals surface area contributed by atoms with Crippen LogP contribution < -0.4 is 0 Å². The fraction of sp³-hybridized carbons (Fsp3) is 0.321. The standard InChI is InChI=1S/C28H30O6/c29-16-24-26(30)28(33-19-23-14-8-3-9-15-23)27(32-18-22-12-6-2-7-13-22)25(34-24)20-31-17-21-10-4-1-5-11-21/h1-16,24-28,30H,17-20H2/t24-,25+,26-,27-,28+/m0/s1.